The molecule has 0 bridgehead atoms. The van der Waals surface area contributed by atoms with Gasteiger partial charge >= 0.3 is 0 Å². The quantitative estimate of drug-likeness (QED) is 0.753. The lowest BCUT2D eigenvalue weighted by molar-refractivity contribution is 0.174. The summed E-state index contributed by atoms with van der Waals surface area (Å²) in [6.07, 6.45) is 8.38. The molecule has 0 radical (unpaired) electrons. The van der Waals surface area contributed by atoms with E-state index in [0.29, 0.717) is 0 Å². The van der Waals surface area contributed by atoms with Gasteiger partial charge in [-0.1, -0.05) is 19.3 Å². The van der Waals surface area contributed by atoms with Crippen molar-refractivity contribution in [2.24, 2.45) is 0 Å². The SMILES string of the molecule is CNC(C)(C)CCN(C)C1CCCCC1. The second-order valence-corrected chi connectivity index (χ2v) is 5.66. The molecule has 0 aromatic heterocycles. The summed E-state index contributed by atoms with van der Waals surface area (Å²) in [5.41, 5.74) is 0.281. The van der Waals surface area contributed by atoms with E-state index in [1.54, 1.807) is 0 Å². The average Bonchev–Trinajstić information content (AvgIpc) is 2.27. The van der Waals surface area contributed by atoms with Gasteiger partial charge in [-0.3, -0.25) is 0 Å². The summed E-state index contributed by atoms with van der Waals surface area (Å²) in [5.74, 6) is 0. The highest BCUT2D eigenvalue weighted by Gasteiger charge is 2.20. The van der Waals surface area contributed by atoms with Crippen LogP contribution in [0.4, 0.5) is 0 Å². The van der Waals surface area contributed by atoms with Gasteiger partial charge in [-0.05, 0) is 53.8 Å². The summed E-state index contributed by atoms with van der Waals surface area (Å²) in [4.78, 5) is 2.57. The van der Waals surface area contributed by atoms with E-state index in [1.165, 1.54) is 45.1 Å². The van der Waals surface area contributed by atoms with Crippen LogP contribution in [0, 0.1) is 0 Å². The number of rotatable bonds is 5. The van der Waals surface area contributed by atoms with Gasteiger partial charge in [0, 0.05) is 11.6 Å². The third-order valence-corrected chi connectivity index (χ3v) is 3.96. The first-order valence-electron chi connectivity index (χ1n) is 6.44. The van der Waals surface area contributed by atoms with Gasteiger partial charge in [-0.2, -0.15) is 0 Å². The van der Waals surface area contributed by atoms with Crippen molar-refractivity contribution >= 4 is 0 Å². The highest BCUT2D eigenvalue weighted by molar-refractivity contribution is 4.79. The molecule has 1 fully saturated rings. The first-order valence-corrected chi connectivity index (χ1v) is 6.44. The molecule has 0 saturated heterocycles. The van der Waals surface area contributed by atoms with E-state index in [-0.39, 0.29) is 5.54 Å². The van der Waals surface area contributed by atoms with E-state index in [1.807, 2.05) is 0 Å². The van der Waals surface area contributed by atoms with Gasteiger partial charge in [0.25, 0.3) is 0 Å². The molecule has 1 saturated carbocycles. The Hall–Kier alpha value is -0.0800. The van der Waals surface area contributed by atoms with Crippen LogP contribution in [0.1, 0.15) is 52.4 Å². The van der Waals surface area contributed by atoms with Gasteiger partial charge in [0.05, 0.1) is 0 Å². The first kappa shape index (κ1) is 13.0. The molecule has 1 aliphatic rings. The summed E-state index contributed by atoms with van der Waals surface area (Å²) < 4.78 is 0. The van der Waals surface area contributed by atoms with Crippen molar-refractivity contribution in [3.63, 3.8) is 0 Å². The maximum Gasteiger partial charge on any atom is 0.0134 e. The fraction of sp³-hybridized carbons (Fsp3) is 1.00. The van der Waals surface area contributed by atoms with Crippen LogP contribution < -0.4 is 5.32 Å². The maximum absolute atomic E-state index is 3.37. The van der Waals surface area contributed by atoms with Crippen LogP contribution in [-0.2, 0) is 0 Å². The Bertz CT molecular complexity index is 171. The molecule has 0 heterocycles. The normalized spacial score (nSPS) is 19.8. The number of hydrogen-bond donors (Lipinski definition) is 1. The van der Waals surface area contributed by atoms with Gasteiger partial charge in [-0.15, -0.1) is 0 Å². The van der Waals surface area contributed by atoms with Gasteiger partial charge < -0.3 is 10.2 Å². The minimum Gasteiger partial charge on any atom is -0.315 e. The van der Waals surface area contributed by atoms with Crippen molar-refractivity contribution in [3.8, 4) is 0 Å². The predicted molar refractivity (Wildman–Crippen MR) is 67.3 cm³/mol. The van der Waals surface area contributed by atoms with Gasteiger partial charge in [-0.25, -0.2) is 0 Å². The standard InChI is InChI=1S/C13H28N2/c1-13(2,14-3)10-11-15(4)12-8-6-5-7-9-12/h12,14H,5-11H2,1-4H3. The summed E-state index contributed by atoms with van der Waals surface area (Å²) >= 11 is 0. The Morgan fingerprint density at radius 2 is 1.80 bits per heavy atom. The van der Waals surface area contributed by atoms with E-state index in [2.05, 4.69) is 38.2 Å². The Labute approximate surface area is 95.4 Å². The smallest absolute Gasteiger partial charge is 0.0134 e. The van der Waals surface area contributed by atoms with E-state index in [9.17, 15) is 0 Å². The Morgan fingerprint density at radius 1 is 1.20 bits per heavy atom. The highest BCUT2D eigenvalue weighted by atomic mass is 15.1. The number of hydrogen-bond acceptors (Lipinski definition) is 2. The number of nitrogens with one attached hydrogen (secondary N) is 1. The fourth-order valence-electron chi connectivity index (χ4n) is 2.29. The summed E-state index contributed by atoms with van der Waals surface area (Å²) in [7, 11) is 4.35. The molecule has 90 valence electrons. The molecule has 2 heteroatoms. The summed E-state index contributed by atoms with van der Waals surface area (Å²) in [6, 6.07) is 0.853. The van der Waals surface area contributed by atoms with Crippen molar-refractivity contribution in [3.05, 3.63) is 0 Å². The maximum atomic E-state index is 3.37. The van der Waals surface area contributed by atoms with Crippen LogP contribution in [0.25, 0.3) is 0 Å². The minimum atomic E-state index is 0.281. The van der Waals surface area contributed by atoms with Crippen molar-refractivity contribution in [2.75, 3.05) is 20.6 Å². The molecule has 1 N–H and O–H groups in total. The Balaban J connectivity index is 2.25. The second-order valence-electron chi connectivity index (χ2n) is 5.66. The molecule has 0 aromatic rings. The first-order chi connectivity index (χ1) is 7.05. The molecule has 15 heavy (non-hydrogen) atoms. The van der Waals surface area contributed by atoms with E-state index < -0.39 is 0 Å². The van der Waals surface area contributed by atoms with Crippen LogP contribution in [-0.4, -0.2) is 37.1 Å². The molecular formula is C13H28N2. The molecular weight excluding hydrogens is 184 g/mol. The zero-order valence-corrected chi connectivity index (χ0v) is 11.0. The van der Waals surface area contributed by atoms with Crippen LogP contribution in [0.2, 0.25) is 0 Å². The molecule has 0 atom stereocenters. The van der Waals surface area contributed by atoms with Crippen molar-refractivity contribution in [1.29, 1.82) is 0 Å². The van der Waals surface area contributed by atoms with Gasteiger partial charge in [0.1, 0.15) is 0 Å². The minimum absolute atomic E-state index is 0.281. The fourth-order valence-corrected chi connectivity index (χ4v) is 2.29. The van der Waals surface area contributed by atoms with Crippen molar-refractivity contribution in [1.82, 2.24) is 10.2 Å². The third-order valence-electron chi connectivity index (χ3n) is 3.96. The molecule has 0 aromatic carbocycles. The van der Waals surface area contributed by atoms with E-state index in [0.717, 1.165) is 6.04 Å². The largest absolute Gasteiger partial charge is 0.315 e. The van der Waals surface area contributed by atoms with Crippen LogP contribution >= 0.6 is 0 Å². The van der Waals surface area contributed by atoms with Gasteiger partial charge in [0.2, 0.25) is 0 Å². The van der Waals surface area contributed by atoms with Crippen LogP contribution in [0.15, 0.2) is 0 Å². The molecule has 0 aliphatic heterocycles. The molecule has 1 aliphatic carbocycles. The van der Waals surface area contributed by atoms with Crippen LogP contribution in [0.5, 0.6) is 0 Å². The van der Waals surface area contributed by atoms with Crippen molar-refractivity contribution < 1.29 is 0 Å². The molecule has 2 nitrogen and oxygen atoms in total. The molecule has 0 unspecified atom stereocenters. The molecule has 0 spiro atoms. The summed E-state index contributed by atoms with van der Waals surface area (Å²) in [6.45, 7) is 5.78. The lowest BCUT2D eigenvalue weighted by Gasteiger charge is -2.34. The van der Waals surface area contributed by atoms with E-state index >= 15 is 0 Å². The Morgan fingerprint density at radius 3 is 2.33 bits per heavy atom. The summed E-state index contributed by atoms with van der Waals surface area (Å²) in [5, 5.41) is 3.37. The molecule has 1 rings (SSSR count). The zero-order chi connectivity index (χ0) is 11.3. The van der Waals surface area contributed by atoms with Gasteiger partial charge in [0.15, 0.2) is 0 Å². The predicted octanol–water partition coefficient (Wildman–Crippen LogP) is 2.64. The zero-order valence-electron chi connectivity index (χ0n) is 11.0. The lowest BCUT2D eigenvalue weighted by atomic mass is 9.93. The average molecular weight is 212 g/mol. The van der Waals surface area contributed by atoms with Crippen LogP contribution in [0.3, 0.4) is 0 Å². The molecule has 0 amide bonds. The third kappa shape index (κ3) is 4.52. The van der Waals surface area contributed by atoms with Crippen molar-refractivity contribution in [2.45, 2.75) is 64.0 Å². The second kappa shape index (κ2) is 5.86. The topological polar surface area (TPSA) is 15.3 Å². The monoisotopic (exact) mass is 212 g/mol. The highest BCUT2D eigenvalue weighted by Crippen LogP contribution is 2.22. The number of nitrogens with zero attached hydrogens (tertiary/aromatic N) is 1. The Kier molecular flexibility index (Phi) is 5.07. The lowest BCUT2D eigenvalue weighted by Crippen LogP contribution is -2.42. The van der Waals surface area contributed by atoms with E-state index in [4.69, 9.17) is 0 Å².